The molecule has 8 nitrogen and oxygen atoms in total. The van der Waals surface area contributed by atoms with E-state index in [0.717, 1.165) is 5.56 Å². The Labute approximate surface area is 185 Å². The maximum atomic E-state index is 12.3. The Kier molecular flexibility index (Phi) is 6.66. The van der Waals surface area contributed by atoms with E-state index in [-0.39, 0.29) is 23.1 Å². The van der Waals surface area contributed by atoms with Gasteiger partial charge in [-0.15, -0.1) is 0 Å². The summed E-state index contributed by atoms with van der Waals surface area (Å²) in [7, 11) is -1.96. The predicted octanol–water partition coefficient (Wildman–Crippen LogP) is 4.06. The lowest BCUT2D eigenvalue weighted by atomic mass is 10.1. The summed E-state index contributed by atoms with van der Waals surface area (Å²) in [6.07, 6.45) is 2.07. The summed E-state index contributed by atoms with van der Waals surface area (Å²) in [5.74, 6) is 0.385. The lowest BCUT2D eigenvalue weighted by molar-refractivity contribution is 0.440. The topological polar surface area (TPSA) is 103 Å². The monoisotopic (exact) mass is 462 g/mol. The number of ether oxygens (including phenoxy) is 1. The summed E-state index contributed by atoms with van der Waals surface area (Å²) in [6.45, 7) is 5.29. The van der Waals surface area contributed by atoms with E-state index < -0.39 is 10.0 Å². The zero-order valence-electron chi connectivity index (χ0n) is 17.6. The molecule has 164 valence electrons. The van der Waals surface area contributed by atoms with Gasteiger partial charge < -0.3 is 9.30 Å². The third-order valence-corrected chi connectivity index (χ3v) is 6.22. The highest BCUT2D eigenvalue weighted by molar-refractivity contribution is 7.92. The minimum Gasteiger partial charge on any atom is -0.422 e. The molecule has 0 aliphatic rings. The largest absolute Gasteiger partial charge is 0.422 e. The molecule has 3 aromatic rings. The summed E-state index contributed by atoms with van der Waals surface area (Å²) in [5.41, 5.74) is 2.16. The van der Waals surface area contributed by atoms with Gasteiger partial charge in [0.1, 0.15) is 5.82 Å². The van der Waals surface area contributed by atoms with E-state index in [4.69, 9.17) is 16.3 Å². The summed E-state index contributed by atoms with van der Waals surface area (Å²) in [5, 5.41) is 0.375. The second-order valence-corrected chi connectivity index (χ2v) is 9.41. The molecule has 2 heterocycles. The van der Waals surface area contributed by atoms with Crippen LogP contribution >= 0.6 is 11.6 Å². The normalized spacial score (nSPS) is 11.4. The summed E-state index contributed by atoms with van der Waals surface area (Å²) in [4.78, 5) is 20.7. The number of hydrogen-bond donors (Lipinski definition) is 1. The van der Waals surface area contributed by atoms with Gasteiger partial charge in [-0.25, -0.2) is 8.42 Å². The van der Waals surface area contributed by atoms with Gasteiger partial charge in [-0.05, 0) is 38.0 Å². The molecular formula is C21H23ClN4O4S. The number of halogens is 1. The number of hydrogen-bond acceptors (Lipinski definition) is 6. The SMILES string of the molecule is CCCS(=O)(=O)Nc1cc(-c2cc(C)c(=O)n(C)c2)nc(Oc2c(C)cccc2Cl)n1. The van der Waals surface area contributed by atoms with Gasteiger partial charge in [0.15, 0.2) is 5.75 Å². The van der Waals surface area contributed by atoms with E-state index in [2.05, 4.69) is 14.7 Å². The Morgan fingerprint density at radius 1 is 1.16 bits per heavy atom. The molecule has 0 bridgehead atoms. The first-order chi connectivity index (χ1) is 14.6. The number of nitrogens with zero attached hydrogens (tertiary/aromatic N) is 3. The standard InChI is InChI=1S/C21H23ClN4O4S/c1-5-9-31(28,29)25-18-11-17(15-10-14(3)20(27)26(4)12-15)23-21(24-18)30-19-13(2)7-6-8-16(19)22/h6-8,10-12H,5,9H2,1-4H3,(H,23,24,25). The predicted molar refractivity (Wildman–Crippen MR) is 121 cm³/mol. The van der Waals surface area contributed by atoms with Gasteiger partial charge in [-0.2, -0.15) is 9.97 Å². The molecule has 31 heavy (non-hydrogen) atoms. The van der Waals surface area contributed by atoms with Crippen molar-refractivity contribution in [2.45, 2.75) is 27.2 Å². The minimum atomic E-state index is -3.59. The quantitative estimate of drug-likeness (QED) is 0.568. The van der Waals surface area contributed by atoms with Gasteiger partial charge in [0, 0.05) is 30.4 Å². The van der Waals surface area contributed by atoms with Gasteiger partial charge in [0.2, 0.25) is 10.0 Å². The number of aromatic nitrogens is 3. The van der Waals surface area contributed by atoms with Crippen LogP contribution in [0.4, 0.5) is 5.82 Å². The van der Waals surface area contributed by atoms with E-state index in [1.165, 1.54) is 10.6 Å². The van der Waals surface area contributed by atoms with Crippen LogP contribution in [0.3, 0.4) is 0 Å². The molecule has 1 aromatic carbocycles. The van der Waals surface area contributed by atoms with Gasteiger partial charge in [0.05, 0.1) is 16.5 Å². The third-order valence-electron chi connectivity index (χ3n) is 4.45. The molecule has 0 aliphatic carbocycles. The molecule has 0 unspecified atom stereocenters. The van der Waals surface area contributed by atoms with Crippen molar-refractivity contribution in [2.24, 2.45) is 7.05 Å². The maximum Gasteiger partial charge on any atom is 0.324 e. The van der Waals surface area contributed by atoms with Gasteiger partial charge in [-0.3, -0.25) is 9.52 Å². The summed E-state index contributed by atoms with van der Waals surface area (Å²) < 4.78 is 34.3. The average molecular weight is 463 g/mol. The maximum absolute atomic E-state index is 12.3. The number of anilines is 1. The highest BCUT2D eigenvalue weighted by Gasteiger charge is 2.16. The molecule has 0 atom stereocenters. The molecule has 1 N–H and O–H groups in total. The van der Waals surface area contributed by atoms with Crippen LogP contribution in [0.15, 0.2) is 41.3 Å². The highest BCUT2D eigenvalue weighted by atomic mass is 35.5. The zero-order valence-corrected chi connectivity index (χ0v) is 19.2. The number of nitrogens with one attached hydrogen (secondary N) is 1. The Hall–Kier alpha value is -2.91. The average Bonchev–Trinajstić information content (AvgIpc) is 2.68. The smallest absolute Gasteiger partial charge is 0.324 e. The van der Waals surface area contributed by atoms with Crippen molar-refractivity contribution < 1.29 is 13.2 Å². The fourth-order valence-corrected chi connectivity index (χ4v) is 4.33. The molecule has 10 heteroatoms. The Morgan fingerprint density at radius 2 is 1.90 bits per heavy atom. The Balaban J connectivity index is 2.13. The molecule has 2 aromatic heterocycles. The van der Waals surface area contributed by atoms with Crippen LogP contribution in [0, 0.1) is 13.8 Å². The van der Waals surface area contributed by atoms with Crippen LogP contribution < -0.4 is 15.0 Å². The van der Waals surface area contributed by atoms with Crippen LogP contribution in [0.25, 0.3) is 11.3 Å². The fourth-order valence-electron chi connectivity index (χ4n) is 3.00. The molecule has 0 saturated heterocycles. The van der Waals surface area contributed by atoms with Crippen molar-refractivity contribution in [1.29, 1.82) is 0 Å². The lowest BCUT2D eigenvalue weighted by Gasteiger charge is -2.13. The summed E-state index contributed by atoms with van der Waals surface area (Å²) >= 11 is 6.25. The molecule has 0 aliphatic heterocycles. The second-order valence-electron chi connectivity index (χ2n) is 7.16. The molecule has 0 radical (unpaired) electrons. The van der Waals surface area contributed by atoms with Crippen LogP contribution in [0.2, 0.25) is 5.02 Å². The summed E-state index contributed by atoms with van der Waals surface area (Å²) in [6, 6.07) is 8.40. The zero-order chi connectivity index (χ0) is 22.8. The van der Waals surface area contributed by atoms with Gasteiger partial charge >= 0.3 is 6.01 Å². The molecular weight excluding hydrogens is 440 g/mol. The first kappa shape index (κ1) is 22.8. The van der Waals surface area contributed by atoms with E-state index in [1.807, 2.05) is 13.0 Å². The first-order valence-electron chi connectivity index (χ1n) is 9.60. The molecule has 0 spiro atoms. The minimum absolute atomic E-state index is 0.0505. The number of sulfonamides is 1. The Morgan fingerprint density at radius 3 is 2.55 bits per heavy atom. The van der Waals surface area contributed by atoms with E-state index in [0.29, 0.717) is 34.0 Å². The number of para-hydroxylation sites is 1. The van der Waals surface area contributed by atoms with Crippen LogP contribution in [0.1, 0.15) is 24.5 Å². The van der Waals surface area contributed by atoms with E-state index in [1.54, 1.807) is 45.3 Å². The van der Waals surface area contributed by atoms with E-state index in [9.17, 15) is 13.2 Å². The first-order valence-corrected chi connectivity index (χ1v) is 11.6. The number of benzene rings is 1. The Bertz CT molecular complexity index is 1240. The van der Waals surface area contributed by atoms with Crippen molar-refractivity contribution >= 4 is 27.4 Å². The number of rotatable bonds is 7. The molecule has 0 fully saturated rings. The third kappa shape index (κ3) is 5.42. The number of pyridine rings is 1. The second kappa shape index (κ2) is 9.07. The molecule has 3 rings (SSSR count). The molecule has 0 saturated carbocycles. The van der Waals surface area contributed by atoms with Gasteiger partial charge in [-0.1, -0.05) is 30.7 Å². The lowest BCUT2D eigenvalue weighted by Crippen LogP contribution is -2.19. The van der Waals surface area contributed by atoms with Crippen LogP contribution in [-0.4, -0.2) is 28.7 Å². The van der Waals surface area contributed by atoms with Crippen molar-refractivity contribution in [3.63, 3.8) is 0 Å². The van der Waals surface area contributed by atoms with E-state index >= 15 is 0 Å². The molecule has 0 amide bonds. The highest BCUT2D eigenvalue weighted by Crippen LogP contribution is 2.32. The van der Waals surface area contributed by atoms with Crippen LogP contribution in [-0.2, 0) is 17.1 Å². The van der Waals surface area contributed by atoms with Crippen molar-refractivity contribution in [1.82, 2.24) is 14.5 Å². The van der Waals surface area contributed by atoms with Crippen molar-refractivity contribution in [3.8, 4) is 23.0 Å². The van der Waals surface area contributed by atoms with Crippen LogP contribution in [0.5, 0.6) is 11.8 Å². The fraction of sp³-hybridized carbons (Fsp3) is 0.286. The number of aryl methyl sites for hydroxylation is 3. The van der Waals surface area contributed by atoms with Gasteiger partial charge in [0.25, 0.3) is 5.56 Å². The van der Waals surface area contributed by atoms with Crippen molar-refractivity contribution in [3.05, 3.63) is 63.0 Å². The van der Waals surface area contributed by atoms with Crippen molar-refractivity contribution in [2.75, 3.05) is 10.5 Å².